The van der Waals surface area contributed by atoms with Crippen LogP contribution in [0.25, 0.3) is 0 Å². The maximum Gasteiger partial charge on any atom is 0.122 e. The number of ether oxygens (including phenoxy) is 2. The zero-order chi connectivity index (χ0) is 14.4. The molecule has 3 heteroatoms. The first-order valence-electron chi connectivity index (χ1n) is 7.69. The van der Waals surface area contributed by atoms with Crippen molar-refractivity contribution < 1.29 is 14.6 Å². The Balaban J connectivity index is 1.80. The largest absolute Gasteiger partial charge is 0.491 e. The van der Waals surface area contributed by atoms with Crippen LogP contribution >= 0.6 is 0 Å². The Morgan fingerprint density at radius 3 is 2.90 bits per heavy atom. The summed E-state index contributed by atoms with van der Waals surface area (Å²) >= 11 is 0. The van der Waals surface area contributed by atoms with Gasteiger partial charge in [0.05, 0.1) is 12.7 Å². The number of hydrogen-bond donors (Lipinski definition) is 1. The molecular formula is C17H26O3. The first-order valence-corrected chi connectivity index (χ1v) is 7.69. The Morgan fingerprint density at radius 1 is 1.25 bits per heavy atom. The summed E-state index contributed by atoms with van der Waals surface area (Å²) in [4.78, 5) is 0. The Bertz CT molecular complexity index is 415. The Morgan fingerprint density at radius 2 is 2.10 bits per heavy atom. The van der Waals surface area contributed by atoms with Crippen LogP contribution in [0.3, 0.4) is 0 Å². The van der Waals surface area contributed by atoms with Crippen molar-refractivity contribution in [3.8, 4) is 5.75 Å². The first-order chi connectivity index (χ1) is 9.68. The molecule has 3 nitrogen and oxygen atoms in total. The van der Waals surface area contributed by atoms with E-state index in [-0.39, 0.29) is 6.10 Å². The molecule has 0 spiro atoms. The van der Waals surface area contributed by atoms with E-state index in [2.05, 4.69) is 13.8 Å². The highest BCUT2D eigenvalue weighted by Gasteiger charge is 2.20. The van der Waals surface area contributed by atoms with Crippen molar-refractivity contribution in [2.24, 2.45) is 5.92 Å². The van der Waals surface area contributed by atoms with Crippen LogP contribution in [0.4, 0.5) is 0 Å². The van der Waals surface area contributed by atoms with Gasteiger partial charge in [-0.2, -0.15) is 0 Å². The zero-order valence-corrected chi connectivity index (χ0v) is 12.6. The summed E-state index contributed by atoms with van der Waals surface area (Å²) in [6.45, 7) is 6.39. The average molecular weight is 278 g/mol. The molecule has 1 aliphatic rings. The van der Waals surface area contributed by atoms with Crippen molar-refractivity contribution in [1.82, 2.24) is 0 Å². The topological polar surface area (TPSA) is 38.7 Å². The van der Waals surface area contributed by atoms with Crippen LogP contribution in [-0.4, -0.2) is 24.9 Å². The predicted octanol–water partition coefficient (Wildman–Crippen LogP) is 3.50. The molecule has 0 radical (unpaired) electrons. The molecule has 0 saturated carbocycles. The first kappa shape index (κ1) is 15.3. The molecule has 1 unspecified atom stereocenters. The summed E-state index contributed by atoms with van der Waals surface area (Å²) < 4.78 is 11.4. The van der Waals surface area contributed by atoms with Crippen molar-refractivity contribution in [2.75, 3.05) is 19.8 Å². The van der Waals surface area contributed by atoms with Gasteiger partial charge in [-0.15, -0.1) is 0 Å². The van der Waals surface area contributed by atoms with Gasteiger partial charge < -0.3 is 14.6 Å². The minimum absolute atomic E-state index is 0.329. The molecule has 1 aliphatic carbocycles. The smallest absolute Gasteiger partial charge is 0.122 e. The normalized spacial score (nSPS) is 18.1. The maximum atomic E-state index is 10.00. The van der Waals surface area contributed by atoms with Crippen molar-refractivity contribution in [3.63, 3.8) is 0 Å². The van der Waals surface area contributed by atoms with E-state index in [9.17, 15) is 5.11 Å². The molecule has 0 saturated heterocycles. The van der Waals surface area contributed by atoms with Crippen molar-refractivity contribution in [3.05, 3.63) is 29.3 Å². The van der Waals surface area contributed by atoms with Crippen molar-refractivity contribution in [1.29, 1.82) is 0 Å². The summed E-state index contributed by atoms with van der Waals surface area (Å²) in [7, 11) is 0. The monoisotopic (exact) mass is 278 g/mol. The number of benzene rings is 1. The van der Waals surface area contributed by atoms with Gasteiger partial charge >= 0.3 is 0 Å². The highest BCUT2D eigenvalue weighted by molar-refractivity contribution is 5.42. The second-order valence-electron chi connectivity index (χ2n) is 5.88. The van der Waals surface area contributed by atoms with E-state index >= 15 is 0 Å². The summed E-state index contributed by atoms with van der Waals surface area (Å²) in [5.74, 6) is 1.59. The molecule has 0 heterocycles. The van der Waals surface area contributed by atoms with E-state index in [1.807, 2.05) is 18.2 Å². The fourth-order valence-corrected chi connectivity index (χ4v) is 2.56. The van der Waals surface area contributed by atoms with E-state index in [0.29, 0.717) is 19.1 Å². The summed E-state index contributed by atoms with van der Waals surface area (Å²) in [6, 6.07) is 5.96. The molecule has 2 rings (SSSR count). The average Bonchev–Trinajstić information content (AvgIpc) is 2.43. The quantitative estimate of drug-likeness (QED) is 0.776. The molecule has 1 aromatic carbocycles. The lowest BCUT2D eigenvalue weighted by Gasteiger charge is -2.23. The number of hydrogen-bond acceptors (Lipinski definition) is 3. The van der Waals surface area contributed by atoms with Crippen LogP contribution in [0.5, 0.6) is 5.75 Å². The maximum absolute atomic E-state index is 10.00. The second kappa shape index (κ2) is 7.65. The highest BCUT2D eigenvalue weighted by Crippen LogP contribution is 2.35. The van der Waals surface area contributed by atoms with Crippen molar-refractivity contribution >= 4 is 0 Å². The summed E-state index contributed by atoms with van der Waals surface area (Å²) in [5.41, 5.74) is 2.21. The number of fused-ring (bicyclic) bond motifs is 1. The lowest BCUT2D eigenvalue weighted by Crippen LogP contribution is -2.13. The van der Waals surface area contributed by atoms with Gasteiger partial charge in [-0.25, -0.2) is 0 Å². The van der Waals surface area contributed by atoms with Gasteiger partial charge in [-0.3, -0.25) is 0 Å². The van der Waals surface area contributed by atoms with Crippen LogP contribution in [-0.2, 0) is 11.2 Å². The van der Waals surface area contributed by atoms with Gasteiger partial charge in [-0.05, 0) is 48.8 Å². The minimum atomic E-state index is -0.329. The van der Waals surface area contributed by atoms with Gasteiger partial charge in [-0.1, -0.05) is 26.0 Å². The molecule has 1 aromatic rings. The molecule has 0 aromatic heterocycles. The molecule has 20 heavy (non-hydrogen) atoms. The Labute approximate surface area is 121 Å². The molecule has 112 valence electrons. The van der Waals surface area contributed by atoms with Gasteiger partial charge in [0.15, 0.2) is 0 Å². The lowest BCUT2D eigenvalue weighted by molar-refractivity contribution is 0.0917. The minimum Gasteiger partial charge on any atom is -0.491 e. The SMILES string of the molecule is CC(C)CCOCCOc1cccc2c1CCCC2O. The fourth-order valence-electron chi connectivity index (χ4n) is 2.56. The molecule has 0 fully saturated rings. The van der Waals surface area contributed by atoms with Crippen molar-refractivity contribution in [2.45, 2.75) is 45.6 Å². The van der Waals surface area contributed by atoms with Gasteiger partial charge in [0.2, 0.25) is 0 Å². The summed E-state index contributed by atoms with van der Waals surface area (Å²) in [6.07, 6.45) is 3.64. The number of aliphatic hydroxyl groups excluding tert-OH is 1. The Hall–Kier alpha value is -1.06. The molecule has 1 atom stereocenters. The lowest BCUT2D eigenvalue weighted by atomic mass is 9.89. The highest BCUT2D eigenvalue weighted by atomic mass is 16.5. The van der Waals surface area contributed by atoms with Gasteiger partial charge in [0.1, 0.15) is 12.4 Å². The number of aliphatic hydroxyl groups is 1. The van der Waals surface area contributed by atoms with Crippen LogP contribution in [0, 0.1) is 5.92 Å². The van der Waals surface area contributed by atoms with Crippen LogP contribution < -0.4 is 4.74 Å². The molecule has 0 bridgehead atoms. The third-order valence-corrected chi connectivity index (χ3v) is 3.76. The summed E-state index contributed by atoms with van der Waals surface area (Å²) in [5, 5.41) is 10.00. The zero-order valence-electron chi connectivity index (χ0n) is 12.6. The van der Waals surface area contributed by atoms with E-state index in [0.717, 1.165) is 43.6 Å². The van der Waals surface area contributed by atoms with E-state index in [4.69, 9.17) is 9.47 Å². The third kappa shape index (κ3) is 4.22. The van der Waals surface area contributed by atoms with E-state index in [1.165, 1.54) is 5.56 Å². The second-order valence-corrected chi connectivity index (χ2v) is 5.88. The Kier molecular flexibility index (Phi) is 5.86. The van der Waals surface area contributed by atoms with Gasteiger partial charge in [0.25, 0.3) is 0 Å². The fraction of sp³-hybridized carbons (Fsp3) is 0.647. The molecule has 1 N–H and O–H groups in total. The van der Waals surface area contributed by atoms with E-state index < -0.39 is 0 Å². The standard InChI is InChI=1S/C17H26O3/c1-13(2)9-10-19-11-12-20-17-8-4-5-14-15(17)6-3-7-16(14)18/h4-5,8,13,16,18H,3,6-7,9-12H2,1-2H3. The molecule has 0 amide bonds. The third-order valence-electron chi connectivity index (χ3n) is 3.76. The predicted molar refractivity (Wildman–Crippen MR) is 80.1 cm³/mol. The van der Waals surface area contributed by atoms with Crippen LogP contribution in [0.1, 0.15) is 50.3 Å². The van der Waals surface area contributed by atoms with Gasteiger partial charge in [0, 0.05) is 6.61 Å². The van der Waals surface area contributed by atoms with Crippen LogP contribution in [0.2, 0.25) is 0 Å². The van der Waals surface area contributed by atoms with E-state index in [1.54, 1.807) is 0 Å². The molecular weight excluding hydrogens is 252 g/mol. The van der Waals surface area contributed by atoms with Crippen LogP contribution in [0.15, 0.2) is 18.2 Å². The molecule has 0 aliphatic heterocycles. The number of rotatable bonds is 7.